The van der Waals surface area contributed by atoms with E-state index in [0.29, 0.717) is 27.8 Å². The Kier molecular flexibility index (Phi) is 6.71. The van der Waals surface area contributed by atoms with E-state index >= 15 is 0 Å². The highest BCUT2D eigenvalue weighted by molar-refractivity contribution is 7.89. The molecular weight excluding hydrogens is 498 g/mol. The summed E-state index contributed by atoms with van der Waals surface area (Å²) >= 11 is 4.49. The Morgan fingerprint density at radius 1 is 0.972 bits per heavy atom. The highest BCUT2D eigenvalue weighted by atomic mass is 35.5. The third-order valence-electron chi connectivity index (χ3n) is 5.42. The maximum Gasteiger partial charge on any atom is 0.249 e. The summed E-state index contributed by atoms with van der Waals surface area (Å²) in [6, 6.07) is 20.8. The van der Waals surface area contributed by atoms with E-state index in [-0.39, 0.29) is 28.5 Å². The molecule has 5 rings (SSSR count). The molecule has 0 saturated heterocycles. The van der Waals surface area contributed by atoms with E-state index in [0.717, 1.165) is 11.1 Å². The van der Waals surface area contributed by atoms with Crippen LogP contribution in [0.4, 0.5) is 0 Å². The summed E-state index contributed by atoms with van der Waals surface area (Å²) in [5.74, 6) is 0.148. The maximum atomic E-state index is 13.0. The third-order valence-corrected chi connectivity index (χ3v) is 6.64. The van der Waals surface area contributed by atoms with Crippen molar-refractivity contribution in [2.24, 2.45) is 0 Å². The quantitative estimate of drug-likeness (QED) is 0.223. The van der Waals surface area contributed by atoms with Crippen molar-refractivity contribution in [3.8, 4) is 28.3 Å². The number of nitrogens with zero attached hydrogens (tertiary/aromatic N) is 3. The summed E-state index contributed by atoms with van der Waals surface area (Å²) in [5, 5.41) is 9.91. The van der Waals surface area contributed by atoms with Crippen molar-refractivity contribution in [3.63, 3.8) is 0 Å². The molecule has 3 N–H and O–H groups in total. The Labute approximate surface area is 214 Å². The molecule has 3 aromatic heterocycles. The largest absolute Gasteiger partial charge is 0.592 e. The lowest BCUT2D eigenvalue weighted by molar-refractivity contribution is 0.475. The summed E-state index contributed by atoms with van der Waals surface area (Å²) in [5.41, 5.74) is 3.97. The number of H-pyrrole nitrogens is 1. The van der Waals surface area contributed by atoms with Gasteiger partial charge in [0.25, 0.3) is 0 Å². The van der Waals surface area contributed by atoms with Crippen LogP contribution in [0.3, 0.4) is 0 Å². The van der Waals surface area contributed by atoms with Crippen molar-refractivity contribution in [1.29, 1.82) is 0 Å². The van der Waals surface area contributed by atoms with Crippen LogP contribution in [0, 0.1) is 6.92 Å². The molecule has 0 amide bonds. The number of pyridine rings is 2. The Morgan fingerprint density at radius 2 is 1.69 bits per heavy atom. The van der Waals surface area contributed by atoms with Gasteiger partial charge in [0, 0.05) is 16.8 Å². The van der Waals surface area contributed by atoms with Crippen LogP contribution < -0.4 is 10.2 Å². The number of aromatic amines is 1. The summed E-state index contributed by atoms with van der Waals surface area (Å²) in [6.45, 7) is 2.10. The predicted molar refractivity (Wildman–Crippen MR) is 140 cm³/mol. The molecule has 0 aliphatic rings. The van der Waals surface area contributed by atoms with Gasteiger partial charge in [0.1, 0.15) is 10.9 Å². The number of aryl methyl sites for hydroxylation is 1. The van der Waals surface area contributed by atoms with Crippen molar-refractivity contribution in [3.05, 3.63) is 99.4 Å². The molecule has 0 aliphatic heterocycles. The van der Waals surface area contributed by atoms with Gasteiger partial charge in [-0.2, -0.15) is 0 Å². The molecule has 0 radical (unpaired) electrons. The molecule has 1 unspecified atom stereocenters. The monoisotopic (exact) mass is 517 g/mol. The molecule has 0 spiro atoms. The second-order valence-electron chi connectivity index (χ2n) is 8.06. The SMILES string of the molecule is Cc1cc(-c2nc3c(=O)cc([S+]([O-])NCc4ccc(O)cc4)[nH]c3nc2-c2ccccc2)cc(Cl)n1. The molecule has 36 heavy (non-hydrogen) atoms. The number of rotatable bonds is 6. The van der Waals surface area contributed by atoms with Gasteiger partial charge in [-0.05, 0) is 36.8 Å². The molecule has 0 aliphatic carbocycles. The first-order valence-electron chi connectivity index (χ1n) is 11.0. The van der Waals surface area contributed by atoms with Crippen LogP contribution in [0.5, 0.6) is 5.75 Å². The van der Waals surface area contributed by atoms with Gasteiger partial charge in [0.05, 0.1) is 35.4 Å². The number of nitrogens with one attached hydrogen (secondary N) is 2. The molecule has 5 aromatic rings. The lowest BCUT2D eigenvalue weighted by Crippen LogP contribution is -2.25. The minimum Gasteiger partial charge on any atom is -0.592 e. The molecule has 0 bridgehead atoms. The minimum atomic E-state index is -1.72. The van der Waals surface area contributed by atoms with Crippen molar-refractivity contribution in [1.82, 2.24) is 24.7 Å². The third kappa shape index (κ3) is 5.09. The Balaban J connectivity index is 1.58. The lowest BCUT2D eigenvalue weighted by atomic mass is 10.0. The number of benzene rings is 2. The lowest BCUT2D eigenvalue weighted by Gasteiger charge is -2.13. The molecule has 3 heterocycles. The zero-order chi connectivity index (χ0) is 25.2. The van der Waals surface area contributed by atoms with E-state index in [1.807, 2.05) is 43.3 Å². The van der Waals surface area contributed by atoms with Gasteiger partial charge in [0.2, 0.25) is 10.5 Å². The zero-order valence-corrected chi connectivity index (χ0v) is 20.6. The summed E-state index contributed by atoms with van der Waals surface area (Å²) in [7, 11) is 0. The van der Waals surface area contributed by atoms with E-state index in [4.69, 9.17) is 16.6 Å². The molecular formula is C26H20ClN5O3S. The normalized spacial score (nSPS) is 12.1. The van der Waals surface area contributed by atoms with Crippen molar-refractivity contribution in [2.45, 2.75) is 18.5 Å². The molecule has 2 aromatic carbocycles. The topological polar surface area (TPSA) is 127 Å². The number of hydrogen-bond acceptors (Lipinski definition) is 7. The van der Waals surface area contributed by atoms with Crippen LogP contribution in [0.25, 0.3) is 33.7 Å². The number of phenols is 1. The van der Waals surface area contributed by atoms with Crippen LogP contribution in [0.1, 0.15) is 11.3 Å². The van der Waals surface area contributed by atoms with E-state index in [2.05, 4.69) is 19.7 Å². The number of fused-ring (bicyclic) bond motifs is 1. The second kappa shape index (κ2) is 10.1. The molecule has 8 nitrogen and oxygen atoms in total. The number of aromatic hydroxyl groups is 1. The first-order chi connectivity index (χ1) is 17.4. The first kappa shape index (κ1) is 24.0. The molecule has 1 atom stereocenters. The average molecular weight is 518 g/mol. The van der Waals surface area contributed by atoms with E-state index in [1.54, 1.807) is 30.3 Å². The molecule has 0 fully saturated rings. The van der Waals surface area contributed by atoms with Crippen molar-refractivity contribution in [2.75, 3.05) is 0 Å². The molecule has 10 heteroatoms. The van der Waals surface area contributed by atoms with Gasteiger partial charge in [0.15, 0.2) is 11.2 Å². The zero-order valence-electron chi connectivity index (χ0n) is 19.0. The minimum absolute atomic E-state index is 0.120. The fourth-order valence-electron chi connectivity index (χ4n) is 3.74. The first-order valence-corrected chi connectivity index (χ1v) is 12.5. The Bertz CT molecular complexity index is 1590. The highest BCUT2D eigenvalue weighted by Gasteiger charge is 2.20. The number of hydrogen-bond donors (Lipinski definition) is 3. The van der Waals surface area contributed by atoms with E-state index in [1.165, 1.54) is 6.07 Å². The summed E-state index contributed by atoms with van der Waals surface area (Å²) in [6.07, 6.45) is 0. The van der Waals surface area contributed by atoms with Crippen molar-refractivity contribution < 1.29 is 9.66 Å². The van der Waals surface area contributed by atoms with Crippen LogP contribution in [0.15, 0.2) is 82.6 Å². The van der Waals surface area contributed by atoms with E-state index < -0.39 is 16.8 Å². The predicted octanol–water partition coefficient (Wildman–Crippen LogP) is 4.53. The smallest absolute Gasteiger partial charge is 0.249 e. The van der Waals surface area contributed by atoms with Crippen LogP contribution in [-0.2, 0) is 17.9 Å². The summed E-state index contributed by atoms with van der Waals surface area (Å²) in [4.78, 5) is 29.7. The van der Waals surface area contributed by atoms with Crippen LogP contribution >= 0.6 is 11.6 Å². The highest BCUT2D eigenvalue weighted by Crippen LogP contribution is 2.31. The van der Waals surface area contributed by atoms with Gasteiger partial charge >= 0.3 is 0 Å². The summed E-state index contributed by atoms with van der Waals surface area (Å²) < 4.78 is 15.8. The van der Waals surface area contributed by atoms with Crippen LogP contribution in [-0.4, -0.2) is 29.6 Å². The Hall–Kier alpha value is -3.76. The number of halogens is 1. The van der Waals surface area contributed by atoms with Gasteiger partial charge in [-0.1, -0.05) is 54.1 Å². The number of aromatic nitrogens is 4. The molecule has 0 saturated carbocycles. The van der Waals surface area contributed by atoms with E-state index in [9.17, 15) is 14.5 Å². The Morgan fingerprint density at radius 3 is 2.42 bits per heavy atom. The van der Waals surface area contributed by atoms with Crippen LogP contribution in [0.2, 0.25) is 5.15 Å². The van der Waals surface area contributed by atoms with Crippen molar-refractivity contribution >= 4 is 34.1 Å². The standard InChI is InChI=1S/C26H20ClN5O3S/c1-15-11-18(12-21(27)29-15)24-23(17-5-3-2-4-6-17)32-26-25(31-24)20(34)13-22(30-26)36(35)28-14-16-7-9-19(33)10-8-16/h2-13,28,33H,14H2,1H3,(H,30,32,34). The fourth-order valence-corrected chi connectivity index (χ4v) is 4.85. The maximum absolute atomic E-state index is 13.0. The molecule has 180 valence electrons. The van der Waals surface area contributed by atoms with Gasteiger partial charge in [-0.25, -0.2) is 15.0 Å². The van der Waals surface area contributed by atoms with Gasteiger partial charge < -0.3 is 9.66 Å². The number of phenolic OH excluding ortho intramolecular Hbond substituents is 1. The fraction of sp³-hybridized carbons (Fsp3) is 0.0769. The van der Waals surface area contributed by atoms with Gasteiger partial charge in [-0.15, -0.1) is 4.72 Å². The second-order valence-corrected chi connectivity index (χ2v) is 9.71. The van der Waals surface area contributed by atoms with Gasteiger partial charge in [-0.3, -0.25) is 9.78 Å². The average Bonchev–Trinajstić information content (AvgIpc) is 2.87.